The van der Waals surface area contributed by atoms with Crippen LogP contribution in [0.3, 0.4) is 0 Å². The number of hydrogen-bond donors (Lipinski definition) is 1. The summed E-state index contributed by atoms with van der Waals surface area (Å²) in [5, 5.41) is 2.82. The molecule has 0 aromatic heterocycles. The number of carbonyl (C=O) groups is 1. The fraction of sp³-hybridized carbons (Fsp3) is 0.500. The van der Waals surface area contributed by atoms with E-state index in [1.165, 1.54) is 12.1 Å². The summed E-state index contributed by atoms with van der Waals surface area (Å²) in [7, 11) is 0. The topological polar surface area (TPSA) is 41.6 Å². The molecule has 1 saturated heterocycles. The van der Waals surface area contributed by atoms with Crippen molar-refractivity contribution in [3.05, 3.63) is 24.0 Å². The predicted molar refractivity (Wildman–Crippen MR) is 70.8 cm³/mol. The van der Waals surface area contributed by atoms with Crippen LogP contribution < -0.4 is 10.2 Å². The van der Waals surface area contributed by atoms with E-state index in [9.17, 15) is 9.18 Å². The molecular weight excluding hydrogens is 247 g/mol. The van der Waals surface area contributed by atoms with E-state index >= 15 is 0 Å². The van der Waals surface area contributed by atoms with Crippen molar-refractivity contribution in [2.75, 3.05) is 30.0 Å². The van der Waals surface area contributed by atoms with E-state index < -0.39 is 0 Å². The van der Waals surface area contributed by atoms with Crippen LogP contribution in [-0.4, -0.2) is 31.7 Å². The molecule has 4 nitrogen and oxygen atoms in total. The average Bonchev–Trinajstić information content (AvgIpc) is 2.82. The second-order valence-corrected chi connectivity index (χ2v) is 5.06. The van der Waals surface area contributed by atoms with Crippen LogP contribution in [0.25, 0.3) is 0 Å². The number of nitrogens with one attached hydrogen (secondary N) is 1. The third-order valence-corrected chi connectivity index (χ3v) is 3.78. The largest absolute Gasteiger partial charge is 0.378 e. The maximum absolute atomic E-state index is 13.4. The quantitative estimate of drug-likeness (QED) is 0.888. The number of rotatable bonds is 2. The molecule has 1 aromatic carbocycles. The Labute approximate surface area is 111 Å². The molecule has 1 amide bonds. The van der Waals surface area contributed by atoms with Crippen LogP contribution in [0.2, 0.25) is 0 Å². The number of benzene rings is 1. The highest BCUT2D eigenvalue weighted by Crippen LogP contribution is 2.36. The molecule has 0 saturated carbocycles. The van der Waals surface area contributed by atoms with E-state index in [0.29, 0.717) is 18.9 Å². The zero-order chi connectivity index (χ0) is 13.4. The van der Waals surface area contributed by atoms with E-state index in [1.54, 1.807) is 6.07 Å². The van der Waals surface area contributed by atoms with Crippen LogP contribution in [0.5, 0.6) is 0 Å². The Morgan fingerprint density at radius 2 is 2.32 bits per heavy atom. The van der Waals surface area contributed by atoms with Gasteiger partial charge in [0.25, 0.3) is 0 Å². The van der Waals surface area contributed by atoms with Gasteiger partial charge in [-0.25, -0.2) is 4.39 Å². The number of anilines is 2. The van der Waals surface area contributed by atoms with Gasteiger partial charge in [-0.05, 0) is 24.6 Å². The minimum absolute atomic E-state index is 0.0478. The van der Waals surface area contributed by atoms with Crippen LogP contribution in [-0.2, 0) is 9.53 Å². The molecule has 2 atom stereocenters. The maximum atomic E-state index is 13.4. The molecule has 2 unspecified atom stereocenters. The van der Waals surface area contributed by atoms with Crippen LogP contribution in [0, 0.1) is 11.7 Å². The smallest absolute Gasteiger partial charge is 0.232 e. The molecule has 1 N–H and O–H groups in total. The van der Waals surface area contributed by atoms with Gasteiger partial charge in [-0.3, -0.25) is 4.79 Å². The van der Waals surface area contributed by atoms with Gasteiger partial charge in [-0.2, -0.15) is 0 Å². The molecule has 1 fully saturated rings. The van der Waals surface area contributed by atoms with E-state index in [0.717, 1.165) is 18.7 Å². The molecule has 19 heavy (non-hydrogen) atoms. The van der Waals surface area contributed by atoms with E-state index in [4.69, 9.17) is 4.74 Å². The number of amides is 1. The zero-order valence-electron chi connectivity index (χ0n) is 10.9. The highest BCUT2D eigenvalue weighted by Gasteiger charge is 2.41. The van der Waals surface area contributed by atoms with Gasteiger partial charge in [0.05, 0.1) is 36.5 Å². The number of ether oxygens (including phenoxy) is 1. The van der Waals surface area contributed by atoms with Gasteiger partial charge in [0.15, 0.2) is 0 Å². The maximum Gasteiger partial charge on any atom is 0.232 e. The van der Waals surface area contributed by atoms with E-state index in [2.05, 4.69) is 17.1 Å². The van der Waals surface area contributed by atoms with Gasteiger partial charge in [0, 0.05) is 6.54 Å². The van der Waals surface area contributed by atoms with E-state index in [1.807, 2.05) is 0 Å². The van der Waals surface area contributed by atoms with Crippen molar-refractivity contribution in [2.24, 2.45) is 5.92 Å². The molecule has 5 heteroatoms. The van der Waals surface area contributed by atoms with Gasteiger partial charge in [0.1, 0.15) is 5.82 Å². The summed E-state index contributed by atoms with van der Waals surface area (Å²) in [4.78, 5) is 14.4. The van der Waals surface area contributed by atoms with Crippen LogP contribution in [0.4, 0.5) is 15.8 Å². The molecule has 2 aliphatic heterocycles. The molecule has 0 bridgehead atoms. The first kappa shape index (κ1) is 12.4. The minimum Gasteiger partial charge on any atom is -0.378 e. The molecule has 2 aliphatic rings. The summed E-state index contributed by atoms with van der Waals surface area (Å²) in [6, 6.07) is 4.61. The number of hydrogen-bond acceptors (Lipinski definition) is 3. The fourth-order valence-electron chi connectivity index (χ4n) is 2.89. The van der Waals surface area contributed by atoms with Crippen molar-refractivity contribution in [3.8, 4) is 0 Å². The Kier molecular flexibility index (Phi) is 3.14. The van der Waals surface area contributed by atoms with Gasteiger partial charge in [0.2, 0.25) is 5.91 Å². The van der Waals surface area contributed by atoms with Crippen molar-refractivity contribution in [1.82, 2.24) is 0 Å². The summed E-state index contributed by atoms with van der Waals surface area (Å²) in [5.74, 6) is -0.589. The lowest BCUT2D eigenvalue weighted by Gasteiger charge is -2.31. The summed E-state index contributed by atoms with van der Waals surface area (Å²) in [5.41, 5.74) is 1.45. The molecule has 102 valence electrons. The first-order valence-electron chi connectivity index (χ1n) is 6.65. The lowest BCUT2D eigenvalue weighted by molar-refractivity contribution is -0.120. The van der Waals surface area contributed by atoms with Crippen molar-refractivity contribution < 1.29 is 13.9 Å². The highest BCUT2D eigenvalue weighted by atomic mass is 19.1. The lowest BCUT2D eigenvalue weighted by atomic mass is 10.0. The number of nitrogens with zero attached hydrogens (tertiary/aromatic N) is 1. The summed E-state index contributed by atoms with van der Waals surface area (Å²) >= 11 is 0. The van der Waals surface area contributed by atoms with Crippen LogP contribution in [0.1, 0.15) is 13.3 Å². The van der Waals surface area contributed by atoms with Gasteiger partial charge in [-0.1, -0.05) is 6.92 Å². The van der Waals surface area contributed by atoms with E-state index in [-0.39, 0.29) is 23.7 Å². The fourth-order valence-corrected chi connectivity index (χ4v) is 2.89. The number of fused-ring (bicyclic) bond motifs is 2. The molecule has 3 rings (SSSR count). The minimum atomic E-state index is -0.334. The Morgan fingerprint density at radius 3 is 3.11 bits per heavy atom. The third kappa shape index (κ3) is 2.08. The second kappa shape index (κ2) is 4.81. The van der Waals surface area contributed by atoms with Gasteiger partial charge >= 0.3 is 0 Å². The molecule has 2 heterocycles. The summed E-state index contributed by atoms with van der Waals surface area (Å²) < 4.78 is 18.8. The zero-order valence-corrected chi connectivity index (χ0v) is 10.9. The first-order chi connectivity index (χ1) is 9.20. The molecule has 0 radical (unpaired) electrons. The Balaban J connectivity index is 2.07. The normalized spacial score (nSPS) is 25.6. The van der Waals surface area contributed by atoms with Crippen LogP contribution in [0.15, 0.2) is 18.2 Å². The lowest BCUT2D eigenvalue weighted by Crippen LogP contribution is -2.42. The summed E-state index contributed by atoms with van der Waals surface area (Å²) in [6.07, 6.45) is 0.966. The summed E-state index contributed by atoms with van der Waals surface area (Å²) in [6.45, 7) is 3.91. The number of carbonyl (C=O) groups excluding carboxylic acids is 1. The standard InChI is InChI=1S/C14H17FN2O2/c1-2-5-17-12-4-3-9(15)6-11(12)16-14(18)10-7-19-8-13(10)17/h3-4,6,10,13H,2,5,7-8H2,1H3,(H,16,18). The Morgan fingerprint density at radius 1 is 1.47 bits per heavy atom. The Bertz CT molecular complexity index is 506. The molecule has 1 aromatic rings. The van der Waals surface area contributed by atoms with Gasteiger partial charge in [-0.15, -0.1) is 0 Å². The van der Waals surface area contributed by atoms with Crippen molar-refractivity contribution >= 4 is 17.3 Å². The van der Waals surface area contributed by atoms with Crippen molar-refractivity contribution in [3.63, 3.8) is 0 Å². The Hall–Kier alpha value is -1.62. The monoisotopic (exact) mass is 264 g/mol. The van der Waals surface area contributed by atoms with Crippen LogP contribution >= 0.6 is 0 Å². The predicted octanol–water partition coefficient (Wildman–Crippen LogP) is 2.01. The average molecular weight is 264 g/mol. The van der Waals surface area contributed by atoms with Gasteiger partial charge < -0.3 is 15.0 Å². The SMILES string of the molecule is CCCN1c2ccc(F)cc2NC(=O)C2COCC21. The van der Waals surface area contributed by atoms with Crippen molar-refractivity contribution in [2.45, 2.75) is 19.4 Å². The first-order valence-corrected chi connectivity index (χ1v) is 6.65. The molecular formula is C14H17FN2O2. The molecule has 0 aliphatic carbocycles. The van der Waals surface area contributed by atoms with Crippen molar-refractivity contribution in [1.29, 1.82) is 0 Å². The molecule has 0 spiro atoms. The highest BCUT2D eigenvalue weighted by molar-refractivity contribution is 5.98. The number of halogens is 1. The third-order valence-electron chi connectivity index (χ3n) is 3.78. The second-order valence-electron chi connectivity index (χ2n) is 5.06.